The molecule has 3 aromatic carbocycles. The van der Waals surface area contributed by atoms with E-state index in [0.29, 0.717) is 31.1 Å². The molecule has 1 aliphatic rings. The van der Waals surface area contributed by atoms with Crippen molar-refractivity contribution < 1.29 is 43.5 Å². The smallest absolute Gasteiger partial charge is 0.307 e. The second-order valence-corrected chi connectivity index (χ2v) is 10.6. The van der Waals surface area contributed by atoms with Crippen molar-refractivity contribution in [3.8, 4) is 11.5 Å². The molecule has 1 amide bonds. The summed E-state index contributed by atoms with van der Waals surface area (Å²) >= 11 is 0. The second-order valence-electron chi connectivity index (χ2n) is 10.6. The number of benzene rings is 3. The van der Waals surface area contributed by atoms with E-state index in [0.717, 1.165) is 21.9 Å². The van der Waals surface area contributed by atoms with Gasteiger partial charge < -0.3 is 34.1 Å². The predicted octanol–water partition coefficient (Wildman–Crippen LogP) is 5.42. The quantitative estimate of drug-likeness (QED) is 0.209. The molecule has 0 bridgehead atoms. The normalized spacial score (nSPS) is 14.4. The summed E-state index contributed by atoms with van der Waals surface area (Å²) in [7, 11) is 0. The summed E-state index contributed by atoms with van der Waals surface area (Å²) < 4.78 is 23.0. The van der Waals surface area contributed by atoms with Gasteiger partial charge in [-0.1, -0.05) is 42.5 Å². The lowest BCUT2D eigenvalue weighted by Gasteiger charge is -2.37. The number of hydrogen-bond donors (Lipinski definition) is 2. The molecule has 10 nitrogen and oxygen atoms in total. The molecule has 0 aliphatic carbocycles. The summed E-state index contributed by atoms with van der Waals surface area (Å²) in [5, 5.41) is 21.1. The molecule has 1 heterocycles. The number of fused-ring (bicyclic) bond motifs is 2. The van der Waals surface area contributed by atoms with Crippen molar-refractivity contribution in [2.24, 2.45) is 5.92 Å². The average Bonchev–Trinajstić information content (AvgIpc) is 3.46. The molecule has 10 heteroatoms. The first-order valence-corrected chi connectivity index (χ1v) is 14.5. The third kappa shape index (κ3) is 8.24. The maximum absolute atomic E-state index is 14.0. The Morgan fingerprint density at radius 1 is 0.884 bits per heavy atom. The lowest BCUT2D eigenvalue weighted by molar-refractivity contribution is -0.153. The molecular weight excluding hydrogens is 554 g/mol. The summed E-state index contributed by atoms with van der Waals surface area (Å²) in [6.07, 6.45) is -1.25. The first-order chi connectivity index (χ1) is 20.7. The maximum atomic E-state index is 14.0. The molecule has 3 atom stereocenters. The highest BCUT2D eigenvalue weighted by molar-refractivity contribution is 5.86. The number of carboxylic acids is 2. The van der Waals surface area contributed by atoms with E-state index in [-0.39, 0.29) is 19.3 Å². The van der Waals surface area contributed by atoms with Crippen molar-refractivity contribution in [3.63, 3.8) is 0 Å². The lowest BCUT2D eigenvalue weighted by atomic mass is 9.87. The van der Waals surface area contributed by atoms with Crippen LogP contribution < -0.4 is 9.47 Å². The highest BCUT2D eigenvalue weighted by Crippen LogP contribution is 2.38. The molecule has 230 valence electrons. The number of carbonyl (C=O) groups is 3. The minimum absolute atomic E-state index is 0.117. The Bertz CT molecular complexity index is 1420. The lowest BCUT2D eigenvalue weighted by Crippen LogP contribution is -2.44. The molecule has 2 unspecified atom stereocenters. The van der Waals surface area contributed by atoms with Crippen LogP contribution in [0.5, 0.6) is 11.5 Å². The Hall–Kier alpha value is -4.15. The van der Waals surface area contributed by atoms with Gasteiger partial charge in [0.2, 0.25) is 12.7 Å². The predicted molar refractivity (Wildman–Crippen MR) is 159 cm³/mol. The van der Waals surface area contributed by atoms with Crippen LogP contribution >= 0.6 is 0 Å². The van der Waals surface area contributed by atoms with E-state index in [2.05, 4.69) is 0 Å². The zero-order valence-corrected chi connectivity index (χ0v) is 24.7. The highest BCUT2D eigenvalue weighted by Gasteiger charge is 2.34. The molecule has 0 radical (unpaired) electrons. The van der Waals surface area contributed by atoms with Crippen molar-refractivity contribution >= 4 is 28.6 Å². The van der Waals surface area contributed by atoms with E-state index in [1.165, 1.54) is 0 Å². The van der Waals surface area contributed by atoms with Crippen molar-refractivity contribution in [1.29, 1.82) is 0 Å². The van der Waals surface area contributed by atoms with Gasteiger partial charge in [-0.05, 0) is 60.9 Å². The van der Waals surface area contributed by atoms with Crippen LogP contribution in [0.1, 0.15) is 57.1 Å². The van der Waals surface area contributed by atoms with Crippen molar-refractivity contribution in [2.45, 2.75) is 64.8 Å². The number of hydrogen-bond acceptors (Lipinski definition) is 7. The molecule has 0 spiro atoms. The van der Waals surface area contributed by atoms with Gasteiger partial charge in [0.05, 0.1) is 12.3 Å². The average molecular weight is 594 g/mol. The Balaban J connectivity index is 1.73. The highest BCUT2D eigenvalue weighted by atomic mass is 16.7. The van der Waals surface area contributed by atoms with Crippen LogP contribution in [-0.2, 0) is 30.4 Å². The Morgan fingerprint density at radius 2 is 1.58 bits per heavy atom. The Morgan fingerprint density at radius 3 is 2.26 bits per heavy atom. The van der Waals surface area contributed by atoms with Crippen LogP contribution in [0.25, 0.3) is 10.8 Å². The fourth-order valence-corrected chi connectivity index (χ4v) is 5.51. The number of nitrogens with zero attached hydrogens (tertiary/aromatic N) is 1. The van der Waals surface area contributed by atoms with E-state index in [1.807, 2.05) is 81.4 Å². The maximum Gasteiger partial charge on any atom is 0.307 e. The number of carbonyl (C=O) groups excluding carboxylic acids is 1. The molecule has 43 heavy (non-hydrogen) atoms. The van der Waals surface area contributed by atoms with E-state index >= 15 is 0 Å². The number of carboxylic acid groups (broad SMARTS) is 2. The van der Waals surface area contributed by atoms with Crippen LogP contribution in [0.3, 0.4) is 0 Å². The minimum atomic E-state index is -1.36. The molecule has 4 rings (SSSR count). The van der Waals surface area contributed by atoms with Gasteiger partial charge in [0.1, 0.15) is 0 Å². The van der Waals surface area contributed by atoms with Gasteiger partial charge in [-0.2, -0.15) is 0 Å². The molecular formula is C33H39NO9. The van der Waals surface area contributed by atoms with Crippen LogP contribution in [0.15, 0.2) is 60.7 Å². The SMILES string of the molecule is CCOC(CC(c1ccc2c(c1)OCO2)C(C)N(Cc1ccc2ccccc2c1)C(=O)C[C@H](CC(=O)O)C(=O)O)OCC. The fraction of sp³-hybridized carbons (Fsp3) is 0.424. The Labute approximate surface area is 251 Å². The standard InChI is InChI=1S/C33H39NO9/c1-4-40-32(41-5-2)18-27(25-12-13-28-29(15-25)43-20-42-28)21(3)34(30(35)16-26(33(38)39)17-31(36)37)19-22-10-11-23-8-6-7-9-24(23)14-22/h6-15,21,26-27,32H,4-5,16-20H2,1-3H3,(H,36,37)(H,38,39)/t21?,26-,27?/m1/s1. The first-order valence-electron chi connectivity index (χ1n) is 14.5. The van der Waals surface area contributed by atoms with Crippen LogP contribution in [0.4, 0.5) is 0 Å². The Kier molecular flexibility index (Phi) is 11.0. The molecule has 1 aliphatic heterocycles. The second kappa shape index (κ2) is 14.8. The number of rotatable bonds is 16. The van der Waals surface area contributed by atoms with Crippen molar-refractivity contribution in [3.05, 3.63) is 71.8 Å². The van der Waals surface area contributed by atoms with Gasteiger partial charge in [0, 0.05) is 44.6 Å². The molecule has 0 aromatic heterocycles. The third-order valence-corrected chi connectivity index (χ3v) is 7.73. The van der Waals surface area contributed by atoms with E-state index < -0.39 is 48.9 Å². The fourth-order valence-electron chi connectivity index (χ4n) is 5.51. The van der Waals surface area contributed by atoms with E-state index in [1.54, 1.807) is 4.90 Å². The molecule has 0 saturated carbocycles. The van der Waals surface area contributed by atoms with Gasteiger partial charge in [-0.25, -0.2) is 0 Å². The van der Waals surface area contributed by atoms with E-state index in [9.17, 15) is 24.6 Å². The van der Waals surface area contributed by atoms with Gasteiger partial charge in [0.25, 0.3) is 0 Å². The van der Waals surface area contributed by atoms with Gasteiger partial charge in [-0.15, -0.1) is 0 Å². The summed E-state index contributed by atoms with van der Waals surface area (Å²) in [6, 6.07) is 19.0. The summed E-state index contributed by atoms with van der Waals surface area (Å²) in [4.78, 5) is 39.0. The number of amides is 1. The molecule has 3 aromatic rings. The number of aliphatic carboxylic acids is 2. The van der Waals surface area contributed by atoms with Gasteiger partial charge >= 0.3 is 11.9 Å². The first kappa shape index (κ1) is 31.8. The minimum Gasteiger partial charge on any atom is -0.481 e. The van der Waals surface area contributed by atoms with E-state index in [4.69, 9.17) is 18.9 Å². The molecule has 2 N–H and O–H groups in total. The zero-order valence-electron chi connectivity index (χ0n) is 24.7. The van der Waals surface area contributed by atoms with Crippen LogP contribution in [-0.4, -0.2) is 65.3 Å². The topological polar surface area (TPSA) is 132 Å². The summed E-state index contributed by atoms with van der Waals surface area (Å²) in [5.41, 5.74) is 1.73. The van der Waals surface area contributed by atoms with Crippen LogP contribution in [0, 0.1) is 5.92 Å². The summed E-state index contributed by atoms with van der Waals surface area (Å²) in [6.45, 7) is 6.86. The summed E-state index contributed by atoms with van der Waals surface area (Å²) in [5.74, 6) is -3.51. The van der Waals surface area contributed by atoms with Gasteiger partial charge in [-0.3, -0.25) is 14.4 Å². The number of ether oxygens (including phenoxy) is 4. The van der Waals surface area contributed by atoms with Crippen molar-refractivity contribution in [2.75, 3.05) is 20.0 Å². The van der Waals surface area contributed by atoms with Crippen LogP contribution in [0.2, 0.25) is 0 Å². The third-order valence-electron chi connectivity index (χ3n) is 7.73. The van der Waals surface area contributed by atoms with Crippen molar-refractivity contribution in [1.82, 2.24) is 4.90 Å². The largest absolute Gasteiger partial charge is 0.481 e. The molecule has 0 saturated heterocycles. The monoisotopic (exact) mass is 593 g/mol. The molecule has 0 fully saturated rings. The van der Waals surface area contributed by atoms with Gasteiger partial charge in [0.15, 0.2) is 17.8 Å². The zero-order chi connectivity index (χ0) is 30.9.